The van der Waals surface area contributed by atoms with Gasteiger partial charge < -0.3 is 15.7 Å². The highest BCUT2D eigenvalue weighted by atomic mass is 32.2. The van der Waals surface area contributed by atoms with E-state index in [0.29, 0.717) is 29.8 Å². The van der Waals surface area contributed by atoms with Gasteiger partial charge in [0.25, 0.3) is 5.91 Å². The van der Waals surface area contributed by atoms with Crippen LogP contribution in [0.4, 0.5) is 5.69 Å². The van der Waals surface area contributed by atoms with Crippen LogP contribution < -0.4 is 10.6 Å². The molecule has 1 aromatic rings. The number of carbonyl (C=O) groups excluding carboxylic acids is 2. The van der Waals surface area contributed by atoms with Crippen LogP contribution in [-0.4, -0.2) is 34.7 Å². The summed E-state index contributed by atoms with van der Waals surface area (Å²) < 4.78 is 0. The molecule has 6 nitrogen and oxygen atoms in total. The Balaban J connectivity index is 2.16. The molecule has 1 aliphatic heterocycles. The van der Waals surface area contributed by atoms with Crippen molar-refractivity contribution in [2.24, 2.45) is 5.92 Å². The predicted octanol–water partition coefficient (Wildman–Crippen LogP) is 2.35. The number of hydrogen-bond donors (Lipinski definition) is 3. The molecule has 1 aliphatic rings. The molecule has 0 radical (unpaired) electrons. The van der Waals surface area contributed by atoms with Crippen LogP contribution in [0.5, 0.6) is 0 Å². The van der Waals surface area contributed by atoms with Crippen LogP contribution in [0.1, 0.15) is 37.0 Å². The number of anilines is 1. The summed E-state index contributed by atoms with van der Waals surface area (Å²) in [4.78, 5) is 36.1. The Hall–Kier alpha value is -2.02. The summed E-state index contributed by atoms with van der Waals surface area (Å²) in [6.45, 7) is 3.80. The van der Waals surface area contributed by atoms with E-state index in [-0.39, 0.29) is 11.8 Å². The molecule has 0 saturated heterocycles. The molecule has 0 bridgehead atoms. The second-order valence-electron chi connectivity index (χ2n) is 5.85. The number of rotatable bonds is 5. The molecule has 0 fully saturated rings. The number of carboxylic acids is 1. The van der Waals surface area contributed by atoms with Crippen LogP contribution in [0.3, 0.4) is 0 Å². The normalized spacial score (nSPS) is 15.3. The van der Waals surface area contributed by atoms with E-state index < -0.39 is 17.9 Å². The topological polar surface area (TPSA) is 95.5 Å². The van der Waals surface area contributed by atoms with Gasteiger partial charge in [-0.15, -0.1) is 11.8 Å². The van der Waals surface area contributed by atoms with E-state index >= 15 is 0 Å². The Morgan fingerprint density at radius 3 is 2.78 bits per heavy atom. The fourth-order valence-electron chi connectivity index (χ4n) is 2.30. The number of amides is 2. The maximum atomic E-state index is 12.3. The van der Waals surface area contributed by atoms with E-state index in [4.69, 9.17) is 0 Å². The van der Waals surface area contributed by atoms with Crippen LogP contribution in [0.25, 0.3) is 0 Å². The van der Waals surface area contributed by atoms with Crippen molar-refractivity contribution < 1.29 is 19.5 Å². The molecule has 1 aromatic carbocycles. The lowest BCUT2D eigenvalue weighted by atomic mass is 10.0. The van der Waals surface area contributed by atoms with Crippen LogP contribution in [0.15, 0.2) is 23.1 Å². The smallest absolute Gasteiger partial charge is 0.326 e. The first-order valence-corrected chi connectivity index (χ1v) is 8.45. The molecule has 3 N–H and O–H groups in total. The standard InChI is InChI=1S/C16H20N2O4S/c1-9(2)7-12(16(21)22)18-15(20)10-3-4-13-11(8-10)17-14(19)5-6-23-13/h3-4,8-9,12H,5-7H2,1-2H3,(H,17,19)(H,18,20)(H,21,22)/t12-/m0/s1. The van der Waals surface area contributed by atoms with E-state index in [1.165, 1.54) is 0 Å². The van der Waals surface area contributed by atoms with Crippen LogP contribution in [0, 0.1) is 5.92 Å². The van der Waals surface area contributed by atoms with E-state index in [1.54, 1.807) is 30.0 Å². The Morgan fingerprint density at radius 1 is 1.39 bits per heavy atom. The summed E-state index contributed by atoms with van der Waals surface area (Å²) in [5.41, 5.74) is 0.933. The molecule has 7 heteroatoms. The van der Waals surface area contributed by atoms with E-state index in [0.717, 1.165) is 4.90 Å². The van der Waals surface area contributed by atoms with Gasteiger partial charge in [-0.25, -0.2) is 4.79 Å². The number of thioether (sulfide) groups is 1. The highest BCUT2D eigenvalue weighted by molar-refractivity contribution is 7.99. The van der Waals surface area contributed by atoms with Gasteiger partial charge in [0.1, 0.15) is 6.04 Å². The third-order valence-corrected chi connectivity index (χ3v) is 4.49. The molecule has 124 valence electrons. The van der Waals surface area contributed by atoms with Gasteiger partial charge >= 0.3 is 5.97 Å². The summed E-state index contributed by atoms with van der Waals surface area (Å²) >= 11 is 1.55. The zero-order chi connectivity index (χ0) is 17.0. The lowest BCUT2D eigenvalue weighted by Crippen LogP contribution is -2.41. The van der Waals surface area contributed by atoms with Crippen molar-refractivity contribution >= 4 is 35.2 Å². The first-order chi connectivity index (χ1) is 10.9. The molecule has 2 amide bonds. The molecular weight excluding hydrogens is 316 g/mol. The molecule has 0 saturated carbocycles. The zero-order valence-corrected chi connectivity index (χ0v) is 13.9. The van der Waals surface area contributed by atoms with Gasteiger partial charge in [0.15, 0.2) is 0 Å². The van der Waals surface area contributed by atoms with Gasteiger partial charge in [0.05, 0.1) is 5.69 Å². The van der Waals surface area contributed by atoms with Gasteiger partial charge in [-0.2, -0.15) is 0 Å². The number of aliphatic carboxylic acids is 1. The van der Waals surface area contributed by atoms with Crippen molar-refractivity contribution in [3.8, 4) is 0 Å². The summed E-state index contributed by atoms with van der Waals surface area (Å²) in [5, 5.41) is 14.5. The fraction of sp³-hybridized carbons (Fsp3) is 0.438. The highest BCUT2D eigenvalue weighted by Crippen LogP contribution is 2.31. The summed E-state index contributed by atoms with van der Waals surface area (Å²) in [7, 11) is 0. The zero-order valence-electron chi connectivity index (χ0n) is 13.1. The van der Waals surface area contributed by atoms with Gasteiger partial charge in [0.2, 0.25) is 5.91 Å². The van der Waals surface area contributed by atoms with Gasteiger partial charge in [-0.3, -0.25) is 9.59 Å². The number of hydrogen-bond acceptors (Lipinski definition) is 4. The minimum Gasteiger partial charge on any atom is -0.480 e. The quantitative estimate of drug-likeness (QED) is 0.767. The maximum absolute atomic E-state index is 12.3. The highest BCUT2D eigenvalue weighted by Gasteiger charge is 2.22. The van der Waals surface area contributed by atoms with Gasteiger partial charge in [-0.1, -0.05) is 13.8 Å². The molecule has 0 spiro atoms. The summed E-state index contributed by atoms with van der Waals surface area (Å²) in [6.07, 6.45) is 0.787. The van der Waals surface area contributed by atoms with Crippen molar-refractivity contribution in [3.05, 3.63) is 23.8 Å². The fourth-order valence-corrected chi connectivity index (χ4v) is 3.23. The Labute approximate surface area is 139 Å². The van der Waals surface area contributed by atoms with Crippen LogP contribution in [-0.2, 0) is 9.59 Å². The lowest BCUT2D eigenvalue weighted by molar-refractivity contribution is -0.139. The molecule has 2 rings (SSSR count). The Kier molecular flexibility index (Phi) is 5.65. The van der Waals surface area contributed by atoms with Crippen molar-refractivity contribution in [2.75, 3.05) is 11.1 Å². The summed E-state index contributed by atoms with van der Waals surface area (Å²) in [5.74, 6) is -0.744. The average molecular weight is 336 g/mol. The average Bonchev–Trinajstić information content (AvgIpc) is 2.65. The molecular formula is C16H20N2O4S. The Bertz CT molecular complexity index is 631. The van der Waals surface area contributed by atoms with Crippen molar-refractivity contribution in [2.45, 2.75) is 37.6 Å². The minimum absolute atomic E-state index is 0.0861. The number of carboxylic acid groups (broad SMARTS) is 1. The first-order valence-electron chi connectivity index (χ1n) is 7.47. The number of benzene rings is 1. The van der Waals surface area contributed by atoms with E-state index in [9.17, 15) is 19.5 Å². The number of fused-ring (bicyclic) bond motifs is 1. The molecule has 0 unspecified atom stereocenters. The monoisotopic (exact) mass is 336 g/mol. The predicted molar refractivity (Wildman–Crippen MR) is 88.8 cm³/mol. The molecule has 1 atom stereocenters. The van der Waals surface area contributed by atoms with Gasteiger partial charge in [-0.05, 0) is 30.5 Å². The molecule has 0 aliphatic carbocycles. The second-order valence-corrected chi connectivity index (χ2v) is 6.99. The van der Waals surface area contributed by atoms with E-state index in [2.05, 4.69) is 10.6 Å². The van der Waals surface area contributed by atoms with Crippen molar-refractivity contribution in [1.82, 2.24) is 5.32 Å². The molecule has 23 heavy (non-hydrogen) atoms. The molecule has 0 aromatic heterocycles. The van der Waals surface area contributed by atoms with Crippen molar-refractivity contribution in [1.29, 1.82) is 0 Å². The Morgan fingerprint density at radius 2 is 2.13 bits per heavy atom. The number of carbonyl (C=O) groups is 3. The van der Waals surface area contributed by atoms with E-state index in [1.807, 2.05) is 13.8 Å². The first kappa shape index (κ1) is 17.3. The van der Waals surface area contributed by atoms with Gasteiger partial charge in [0, 0.05) is 22.6 Å². The third kappa shape index (κ3) is 4.72. The number of nitrogens with one attached hydrogen (secondary N) is 2. The SMILES string of the molecule is CC(C)C[C@H](NC(=O)c1ccc2c(c1)NC(=O)CCS2)C(=O)O. The van der Waals surface area contributed by atoms with Crippen LogP contribution in [0.2, 0.25) is 0 Å². The third-order valence-electron chi connectivity index (χ3n) is 3.41. The molecule has 1 heterocycles. The summed E-state index contributed by atoms with van der Waals surface area (Å²) in [6, 6.07) is 4.09. The van der Waals surface area contributed by atoms with Crippen molar-refractivity contribution in [3.63, 3.8) is 0 Å². The van der Waals surface area contributed by atoms with Crippen LogP contribution >= 0.6 is 11.8 Å². The second kappa shape index (κ2) is 7.50. The largest absolute Gasteiger partial charge is 0.480 e. The maximum Gasteiger partial charge on any atom is 0.326 e. The minimum atomic E-state index is -1.05. The lowest BCUT2D eigenvalue weighted by Gasteiger charge is -2.17.